The third-order valence-corrected chi connectivity index (χ3v) is 30.2. The van der Waals surface area contributed by atoms with E-state index in [1.165, 1.54) is 33.4 Å². The van der Waals surface area contributed by atoms with Crippen LogP contribution in [-0.2, 0) is 6.42 Å². The number of hydrogen-bond donors (Lipinski definition) is 7. The highest BCUT2D eigenvalue weighted by molar-refractivity contribution is 6.12. The molecule has 618 valence electrons. The van der Waals surface area contributed by atoms with Crippen molar-refractivity contribution < 1.29 is 0 Å². The molecule has 21 aromatic rings. The molecule has 17 heterocycles. The van der Waals surface area contributed by atoms with Gasteiger partial charge in [-0.1, -0.05) is 248 Å². The van der Waals surface area contributed by atoms with Gasteiger partial charge in [0.05, 0.1) is 126 Å². The smallest absolute Gasteiger partial charge is 0.129 e. The first-order valence-corrected chi connectivity index (χ1v) is 45.9. The quantitative estimate of drug-likeness (QED) is 0.0848. The highest BCUT2D eigenvalue weighted by atomic mass is 15.2. The van der Waals surface area contributed by atoms with Gasteiger partial charge in [0.25, 0.3) is 0 Å². The Hall–Kier alpha value is -16.9. The third kappa shape index (κ3) is 10.2. The van der Waals surface area contributed by atoms with Gasteiger partial charge < -0.3 is 35.6 Å². The van der Waals surface area contributed by atoms with Crippen LogP contribution in [0.25, 0.3) is 162 Å². The molecule has 4 aliphatic carbocycles. The SMILES string of the molecule is C1=C2Cc3c1cccc3-c1ccc3c(n1)-c1nc(ccc1C1N=C(c4cc(C5=NC6c7ccc8nc7-c7nc(ccc7C6C5)-c5cccc6cc([nH]c56)C(c5ccccc5)c5cc6cccc-8c6[nH]5)cc(C5=NC6c7ccc8nc7-c7nc(ccc7C6N5)-c5cccc6cc([nH]c56)C(c5ccccc5)c5cc6cccc-8c6[nH]5)c4)NC31)-c1cccc3cc([nH]c13)C2c1ccccc1. The Morgan fingerprint density at radius 2 is 0.583 bits per heavy atom. The third-order valence-electron chi connectivity index (χ3n) is 30.2. The molecule has 0 spiro atoms. The normalized spacial score (nSPS) is 19.8. The van der Waals surface area contributed by atoms with Gasteiger partial charge in [0.2, 0.25) is 0 Å². The van der Waals surface area contributed by atoms with Crippen molar-refractivity contribution in [2.24, 2.45) is 15.0 Å². The van der Waals surface area contributed by atoms with Gasteiger partial charge in [-0.25, -0.2) is 29.9 Å². The van der Waals surface area contributed by atoms with E-state index < -0.39 is 0 Å². The summed E-state index contributed by atoms with van der Waals surface area (Å²) in [7, 11) is 0. The Kier molecular flexibility index (Phi) is 14.3. The van der Waals surface area contributed by atoms with Crippen molar-refractivity contribution in [2.75, 3.05) is 0 Å². The van der Waals surface area contributed by atoms with Crippen LogP contribution >= 0.6 is 0 Å². The minimum Gasteiger partial charge on any atom is -0.360 e. The van der Waals surface area contributed by atoms with E-state index in [0.717, 1.165) is 259 Å². The first-order valence-electron chi connectivity index (χ1n) is 45.9. The minimum absolute atomic E-state index is 0.000242. The van der Waals surface area contributed by atoms with Crippen molar-refractivity contribution in [1.82, 2.24) is 65.5 Å². The predicted octanol–water partition coefficient (Wildman–Crippen LogP) is 24.9. The van der Waals surface area contributed by atoms with Crippen molar-refractivity contribution in [3.8, 4) is 102 Å². The Bertz CT molecular complexity index is 8530. The van der Waals surface area contributed by atoms with Crippen molar-refractivity contribution >= 4 is 78.0 Å². The summed E-state index contributed by atoms with van der Waals surface area (Å²) in [5.74, 6) is 1.21. The minimum atomic E-state index is -0.386. The second kappa shape index (κ2) is 26.4. The van der Waals surface area contributed by atoms with Gasteiger partial charge in [0.15, 0.2) is 0 Å². The maximum atomic E-state index is 6.06. The lowest BCUT2D eigenvalue weighted by Gasteiger charge is -2.29. The Balaban J connectivity index is 0.580. The van der Waals surface area contributed by atoms with E-state index in [1.807, 2.05) is 0 Å². The molecule has 6 aliphatic heterocycles. The Labute approximate surface area is 755 Å². The largest absolute Gasteiger partial charge is 0.360 e. The number of H-pyrrole nitrogens is 5. The van der Waals surface area contributed by atoms with Crippen molar-refractivity contribution in [2.45, 2.75) is 66.7 Å². The number of pyridine rings is 6. The number of benzene rings is 10. The summed E-state index contributed by atoms with van der Waals surface area (Å²) >= 11 is 0. The standard InChI is InChI=1S/C116H74N16/c1-4-16-57(17-5-1)96-67-46-60-22-10-28-70(82(60)50-67)84-41-36-78-107(117-84)108-79(37-43-87(120-108)73-30-11-23-61-51-91(96)124-99(61)73)112-111(78)129-115(130-112)68-47-66(90-56-83-71-34-40-85-72-29-12-24-62-52-92(125-100(62)72)97(58-18-6-2-7-19-58)93-53-63-25-13-31-74(101(63)126-93)86-42-35-77(104(83)123-90)106(119-86)105(71)118-85)48-69(49-68)116-131-113-80-38-44-88-75-32-14-26-64-54-94(127-102(64)75)98(59-20-8-3-9-21-59)95-55-65-27-15-33-76(103(65)128-95)89-45-39-81(114(113)132-116)110(122-89)109(80)121-88/h1-49,51-55,83,96-98,104,111-114,124-128H,50,56H2,(H,129,130)(H,131,132). The molecule has 0 saturated carbocycles. The van der Waals surface area contributed by atoms with E-state index >= 15 is 0 Å². The molecule has 11 aromatic heterocycles. The fraction of sp³-hybridized carbons (Fsp3) is 0.0948. The first kappa shape index (κ1) is 71.2. The van der Waals surface area contributed by atoms with Gasteiger partial charge in [-0.05, 0) is 137 Å². The lowest BCUT2D eigenvalue weighted by Crippen LogP contribution is -2.29. The number of aromatic nitrogens is 11. The summed E-state index contributed by atoms with van der Waals surface area (Å²) < 4.78 is 0. The molecule has 7 N–H and O–H groups in total. The average molecular weight is 1690 g/mol. The topological polar surface area (TPSA) is 217 Å². The summed E-state index contributed by atoms with van der Waals surface area (Å²) in [6.45, 7) is 0. The molecule has 16 nitrogen and oxygen atoms in total. The van der Waals surface area contributed by atoms with Crippen LogP contribution in [-0.4, -0.2) is 72.2 Å². The lowest BCUT2D eigenvalue weighted by atomic mass is 9.78. The summed E-state index contributed by atoms with van der Waals surface area (Å²) in [6, 6.07) is 116. The summed E-state index contributed by atoms with van der Waals surface area (Å²) in [4.78, 5) is 72.9. The van der Waals surface area contributed by atoms with Crippen molar-refractivity contribution in [3.05, 3.63) is 433 Å². The van der Waals surface area contributed by atoms with Crippen LogP contribution in [0.15, 0.2) is 342 Å². The molecule has 10 aromatic carbocycles. The van der Waals surface area contributed by atoms with Gasteiger partial charge in [-0.15, -0.1) is 0 Å². The monoisotopic (exact) mass is 1690 g/mol. The number of allylic oxidation sites excluding steroid dienone is 1. The number of amidine groups is 2. The van der Waals surface area contributed by atoms with E-state index in [2.05, 4.69) is 363 Å². The number of para-hydroxylation sites is 5. The van der Waals surface area contributed by atoms with Crippen LogP contribution < -0.4 is 10.6 Å². The van der Waals surface area contributed by atoms with Gasteiger partial charge in [-0.3, -0.25) is 15.0 Å². The van der Waals surface area contributed by atoms with E-state index in [-0.39, 0.29) is 53.9 Å². The van der Waals surface area contributed by atoms with E-state index in [1.54, 1.807) is 0 Å². The van der Waals surface area contributed by atoms with Crippen molar-refractivity contribution in [3.63, 3.8) is 0 Å². The zero-order chi connectivity index (χ0) is 85.6. The number of hydrogen-bond acceptors (Lipinski definition) is 11. The fourth-order valence-corrected chi connectivity index (χ4v) is 24.2. The molecule has 0 fully saturated rings. The van der Waals surface area contributed by atoms with Gasteiger partial charge in [-0.2, -0.15) is 0 Å². The molecule has 132 heavy (non-hydrogen) atoms. The highest BCUT2D eigenvalue weighted by Crippen LogP contribution is 2.57. The molecule has 0 amide bonds. The van der Waals surface area contributed by atoms with Gasteiger partial charge >= 0.3 is 0 Å². The van der Waals surface area contributed by atoms with E-state index in [0.29, 0.717) is 6.42 Å². The molecular weight excluding hydrogens is 1620 g/mol. The predicted molar refractivity (Wildman–Crippen MR) is 522 cm³/mol. The number of nitrogens with zero attached hydrogens (tertiary/aromatic N) is 9. The number of aromatic amines is 5. The molecule has 24 bridgehead atoms. The van der Waals surface area contributed by atoms with Crippen LogP contribution in [0, 0.1) is 0 Å². The van der Waals surface area contributed by atoms with E-state index in [4.69, 9.17) is 44.9 Å². The molecule has 0 saturated heterocycles. The zero-order valence-corrected chi connectivity index (χ0v) is 70.8. The maximum absolute atomic E-state index is 6.06. The van der Waals surface area contributed by atoms with Crippen LogP contribution in [0.1, 0.15) is 167 Å². The van der Waals surface area contributed by atoms with Crippen LogP contribution in [0.5, 0.6) is 0 Å². The number of rotatable bonds is 6. The number of aliphatic imine (C=N–C) groups is 3. The van der Waals surface area contributed by atoms with Gasteiger partial charge in [0, 0.05) is 145 Å². The number of nitrogens with one attached hydrogen (secondary N) is 7. The van der Waals surface area contributed by atoms with Crippen LogP contribution in [0.3, 0.4) is 0 Å². The first-order chi connectivity index (χ1) is 65.3. The molecule has 16 heteroatoms. The number of fused-ring (bicyclic) bond motifs is 27. The second-order valence-corrected chi connectivity index (χ2v) is 37.3. The zero-order valence-electron chi connectivity index (χ0n) is 70.8. The Morgan fingerprint density at radius 1 is 0.258 bits per heavy atom. The van der Waals surface area contributed by atoms with Crippen molar-refractivity contribution in [1.29, 1.82) is 0 Å². The fourth-order valence-electron chi connectivity index (χ4n) is 24.2. The second-order valence-electron chi connectivity index (χ2n) is 37.3. The summed E-state index contributed by atoms with van der Waals surface area (Å²) in [6.07, 6.45) is 3.84. The van der Waals surface area contributed by atoms with Gasteiger partial charge in [0.1, 0.15) is 23.8 Å². The molecule has 0 radical (unpaired) electrons. The summed E-state index contributed by atoms with van der Waals surface area (Å²) in [5, 5.41) is 13.9. The molecule has 10 aliphatic rings. The lowest BCUT2D eigenvalue weighted by molar-refractivity contribution is 0.561. The molecule has 31 rings (SSSR count). The van der Waals surface area contributed by atoms with Crippen LogP contribution in [0.4, 0.5) is 0 Å². The molecule has 9 unspecified atom stereocenters. The van der Waals surface area contributed by atoms with E-state index in [9.17, 15) is 0 Å². The summed E-state index contributed by atoms with van der Waals surface area (Å²) in [5.41, 5.74) is 44.6. The highest BCUT2D eigenvalue weighted by Gasteiger charge is 2.47. The average Bonchev–Trinajstić information content (AvgIpc) is 1.57. The maximum Gasteiger partial charge on any atom is 0.129 e. The Morgan fingerprint density at radius 3 is 0.992 bits per heavy atom. The molecule has 9 atom stereocenters. The van der Waals surface area contributed by atoms with Crippen LogP contribution in [0.2, 0.25) is 0 Å². The molecular formula is C116H74N16.